The standard InChI is InChI=1S/C11H14BrClN2O4S2/c1-6(20(2)17)5-15-11(16)8-3-7(21(14,18)19)4-9(12)10(8)13/h3-4,6H,5H2,1-2H3,(H,15,16)(H2,14,18,19). The molecule has 2 atom stereocenters. The van der Waals surface area contributed by atoms with E-state index in [-0.39, 0.29) is 31.7 Å². The van der Waals surface area contributed by atoms with Crippen molar-refractivity contribution in [1.82, 2.24) is 5.32 Å². The van der Waals surface area contributed by atoms with Crippen molar-refractivity contribution >= 4 is 54.3 Å². The van der Waals surface area contributed by atoms with Gasteiger partial charge < -0.3 is 5.32 Å². The molecule has 0 saturated carbocycles. The number of rotatable bonds is 5. The largest absolute Gasteiger partial charge is 0.351 e. The van der Waals surface area contributed by atoms with Gasteiger partial charge in [0.25, 0.3) is 5.91 Å². The predicted octanol–water partition coefficient (Wildman–Crippen LogP) is 1.25. The van der Waals surface area contributed by atoms with Crippen molar-refractivity contribution in [3.63, 3.8) is 0 Å². The number of carbonyl (C=O) groups excluding carboxylic acids is 1. The van der Waals surface area contributed by atoms with Crippen LogP contribution in [0.5, 0.6) is 0 Å². The highest BCUT2D eigenvalue weighted by Crippen LogP contribution is 2.29. The number of hydrogen-bond donors (Lipinski definition) is 2. The minimum atomic E-state index is -3.96. The minimum absolute atomic E-state index is 0.0239. The first-order valence-corrected chi connectivity index (χ1v) is 10.00. The summed E-state index contributed by atoms with van der Waals surface area (Å²) in [5, 5.41) is 7.43. The summed E-state index contributed by atoms with van der Waals surface area (Å²) >= 11 is 9.07. The minimum Gasteiger partial charge on any atom is -0.351 e. The summed E-state index contributed by atoms with van der Waals surface area (Å²) in [7, 11) is -5.04. The zero-order valence-electron chi connectivity index (χ0n) is 11.2. The van der Waals surface area contributed by atoms with Gasteiger partial charge in [0.15, 0.2) is 0 Å². The van der Waals surface area contributed by atoms with Crippen LogP contribution in [-0.2, 0) is 20.8 Å². The number of amides is 1. The van der Waals surface area contributed by atoms with Crippen LogP contribution < -0.4 is 10.5 Å². The van der Waals surface area contributed by atoms with Gasteiger partial charge in [-0.15, -0.1) is 0 Å². The van der Waals surface area contributed by atoms with Gasteiger partial charge in [-0.1, -0.05) is 11.6 Å². The third-order valence-electron chi connectivity index (χ3n) is 2.69. The Morgan fingerprint density at radius 3 is 2.57 bits per heavy atom. The second-order valence-corrected chi connectivity index (χ2v) is 8.93. The molecule has 118 valence electrons. The summed E-state index contributed by atoms with van der Waals surface area (Å²) in [5.74, 6) is -0.566. The molecule has 0 bridgehead atoms. The van der Waals surface area contributed by atoms with Crippen LogP contribution in [0.4, 0.5) is 0 Å². The lowest BCUT2D eigenvalue weighted by Gasteiger charge is -2.12. The third-order valence-corrected chi connectivity index (χ3v) is 6.15. The van der Waals surface area contributed by atoms with E-state index in [2.05, 4.69) is 21.2 Å². The first kappa shape index (κ1) is 18.6. The fraction of sp³-hybridized carbons (Fsp3) is 0.364. The van der Waals surface area contributed by atoms with E-state index < -0.39 is 26.7 Å². The van der Waals surface area contributed by atoms with E-state index in [0.717, 1.165) is 6.07 Å². The second-order valence-electron chi connectivity index (χ2n) is 4.33. The van der Waals surface area contributed by atoms with Crippen LogP contribution in [0, 0.1) is 0 Å². The maximum absolute atomic E-state index is 12.1. The topological polar surface area (TPSA) is 106 Å². The highest BCUT2D eigenvalue weighted by atomic mass is 79.9. The van der Waals surface area contributed by atoms with Crippen molar-refractivity contribution in [3.05, 3.63) is 27.2 Å². The predicted molar refractivity (Wildman–Crippen MR) is 86.4 cm³/mol. The SMILES string of the molecule is CC(CNC(=O)c1cc(S(N)(=O)=O)cc(Br)c1Cl)S(C)=O. The van der Waals surface area contributed by atoms with Crippen LogP contribution in [0.25, 0.3) is 0 Å². The van der Waals surface area contributed by atoms with Gasteiger partial charge in [0.1, 0.15) is 0 Å². The molecule has 0 aliphatic carbocycles. The number of sulfonamides is 1. The van der Waals surface area contributed by atoms with Crippen molar-refractivity contribution in [3.8, 4) is 0 Å². The highest BCUT2D eigenvalue weighted by molar-refractivity contribution is 9.10. The molecule has 21 heavy (non-hydrogen) atoms. The Hall–Kier alpha value is -0.480. The molecule has 1 aromatic rings. The number of halogens is 2. The van der Waals surface area contributed by atoms with Crippen LogP contribution in [0.15, 0.2) is 21.5 Å². The van der Waals surface area contributed by atoms with E-state index in [1.54, 1.807) is 6.92 Å². The molecule has 1 aromatic carbocycles. The van der Waals surface area contributed by atoms with E-state index in [4.69, 9.17) is 16.7 Å². The Balaban J connectivity index is 3.09. The lowest BCUT2D eigenvalue weighted by atomic mass is 10.2. The molecule has 0 aromatic heterocycles. The van der Waals surface area contributed by atoms with Crippen molar-refractivity contribution in [2.24, 2.45) is 5.14 Å². The maximum atomic E-state index is 12.1. The number of hydrogen-bond acceptors (Lipinski definition) is 4. The van der Waals surface area contributed by atoms with Crippen LogP contribution in [0.1, 0.15) is 17.3 Å². The van der Waals surface area contributed by atoms with Crippen LogP contribution in [0.3, 0.4) is 0 Å². The number of nitrogens with one attached hydrogen (secondary N) is 1. The molecule has 3 N–H and O–H groups in total. The van der Waals surface area contributed by atoms with Gasteiger partial charge in [-0.05, 0) is 35.0 Å². The lowest BCUT2D eigenvalue weighted by Crippen LogP contribution is -2.33. The van der Waals surface area contributed by atoms with E-state index in [1.165, 1.54) is 12.3 Å². The van der Waals surface area contributed by atoms with Crippen molar-refractivity contribution in [2.45, 2.75) is 17.1 Å². The van der Waals surface area contributed by atoms with Gasteiger partial charge in [0, 0.05) is 33.3 Å². The van der Waals surface area contributed by atoms with Gasteiger partial charge in [0.2, 0.25) is 10.0 Å². The van der Waals surface area contributed by atoms with Crippen LogP contribution in [-0.4, -0.2) is 36.6 Å². The Labute approximate surface area is 139 Å². The monoisotopic (exact) mass is 416 g/mol. The molecular weight excluding hydrogens is 404 g/mol. The normalized spacial score (nSPS) is 14.5. The molecule has 1 rings (SSSR count). The third kappa shape index (κ3) is 5.03. The highest BCUT2D eigenvalue weighted by Gasteiger charge is 2.19. The summed E-state index contributed by atoms with van der Waals surface area (Å²) in [6.07, 6.45) is 1.53. The Bertz CT molecular complexity index is 694. The van der Waals surface area contributed by atoms with Crippen molar-refractivity contribution < 1.29 is 17.4 Å². The number of benzene rings is 1. The smallest absolute Gasteiger partial charge is 0.252 e. The molecule has 1 amide bonds. The van der Waals surface area contributed by atoms with E-state index in [1.807, 2.05) is 0 Å². The number of carbonyl (C=O) groups is 1. The summed E-state index contributed by atoms with van der Waals surface area (Å²) in [6, 6.07) is 2.32. The molecule has 0 heterocycles. The molecule has 0 aliphatic heterocycles. The number of primary sulfonamides is 1. The summed E-state index contributed by atoms with van der Waals surface area (Å²) in [4.78, 5) is 11.8. The first-order valence-electron chi connectivity index (χ1n) is 5.66. The maximum Gasteiger partial charge on any atom is 0.252 e. The summed E-state index contributed by atoms with van der Waals surface area (Å²) in [6.45, 7) is 1.89. The average molecular weight is 418 g/mol. The fourth-order valence-corrected chi connectivity index (χ4v) is 3.03. The van der Waals surface area contributed by atoms with Gasteiger partial charge in [-0.25, -0.2) is 13.6 Å². The molecule has 6 nitrogen and oxygen atoms in total. The molecule has 0 fully saturated rings. The Kier molecular flexibility index (Phi) is 6.36. The fourth-order valence-electron chi connectivity index (χ4n) is 1.34. The van der Waals surface area contributed by atoms with E-state index in [0.29, 0.717) is 0 Å². The molecule has 0 aliphatic rings. The van der Waals surface area contributed by atoms with Crippen molar-refractivity contribution in [1.29, 1.82) is 0 Å². The molecule has 2 unspecified atom stereocenters. The zero-order chi connectivity index (χ0) is 16.4. The van der Waals surface area contributed by atoms with Gasteiger partial charge in [-0.3, -0.25) is 9.00 Å². The average Bonchev–Trinajstić information content (AvgIpc) is 2.37. The summed E-state index contributed by atoms with van der Waals surface area (Å²) < 4.78 is 34.2. The molecule has 0 radical (unpaired) electrons. The van der Waals surface area contributed by atoms with Gasteiger partial charge in [-0.2, -0.15) is 0 Å². The van der Waals surface area contributed by atoms with E-state index in [9.17, 15) is 17.4 Å². The van der Waals surface area contributed by atoms with Crippen molar-refractivity contribution in [2.75, 3.05) is 12.8 Å². The quantitative estimate of drug-likeness (QED) is 0.752. The van der Waals surface area contributed by atoms with Gasteiger partial charge >= 0.3 is 0 Å². The second kappa shape index (κ2) is 7.19. The van der Waals surface area contributed by atoms with Crippen LogP contribution in [0.2, 0.25) is 5.02 Å². The number of nitrogens with two attached hydrogens (primary N) is 1. The molecular formula is C11H14BrClN2O4S2. The first-order chi connectivity index (χ1) is 9.54. The Morgan fingerprint density at radius 2 is 2.10 bits per heavy atom. The van der Waals surface area contributed by atoms with Crippen LogP contribution >= 0.6 is 27.5 Å². The van der Waals surface area contributed by atoms with E-state index >= 15 is 0 Å². The molecule has 0 saturated heterocycles. The molecule has 10 heteroatoms. The Morgan fingerprint density at radius 1 is 1.52 bits per heavy atom. The lowest BCUT2D eigenvalue weighted by molar-refractivity contribution is 0.0954. The summed E-state index contributed by atoms with van der Waals surface area (Å²) in [5.41, 5.74) is -0.0239. The zero-order valence-corrected chi connectivity index (χ0v) is 15.2. The molecule has 0 spiro atoms. The van der Waals surface area contributed by atoms with Gasteiger partial charge in [0.05, 0.1) is 15.5 Å².